The lowest BCUT2D eigenvalue weighted by Crippen LogP contribution is -2.08. The summed E-state index contributed by atoms with van der Waals surface area (Å²) in [4.78, 5) is 0. The lowest BCUT2D eigenvalue weighted by molar-refractivity contribution is 0.157. The maximum atomic E-state index is 11.3. The van der Waals surface area contributed by atoms with E-state index in [-0.39, 0.29) is 6.10 Å². The zero-order valence-electron chi connectivity index (χ0n) is 7.66. The summed E-state index contributed by atoms with van der Waals surface area (Å²) in [6.07, 6.45) is 1.81. The smallest absolute Gasteiger partial charge is 0.312 e. The predicted molar refractivity (Wildman–Crippen MR) is 46.0 cm³/mol. The molecule has 0 fully saturated rings. The van der Waals surface area contributed by atoms with E-state index < -0.39 is 7.60 Å². The van der Waals surface area contributed by atoms with Crippen molar-refractivity contribution < 1.29 is 13.6 Å². The molecule has 0 saturated carbocycles. The van der Waals surface area contributed by atoms with Gasteiger partial charge in [-0.1, -0.05) is 13.8 Å². The van der Waals surface area contributed by atoms with Crippen molar-refractivity contribution >= 4 is 7.60 Å². The molecule has 0 aromatic heterocycles. The largest absolute Gasteiger partial charge is 0.327 e. The quantitative estimate of drug-likeness (QED) is 0.610. The van der Waals surface area contributed by atoms with Crippen molar-refractivity contribution in [2.75, 3.05) is 13.8 Å². The Labute approximate surface area is 68.6 Å². The molecule has 3 nitrogen and oxygen atoms in total. The molecule has 0 aliphatic carbocycles. The lowest BCUT2D eigenvalue weighted by atomic mass is 10.2. The zero-order valence-corrected chi connectivity index (χ0v) is 8.56. The fourth-order valence-electron chi connectivity index (χ4n) is 0.752. The highest BCUT2D eigenvalue weighted by atomic mass is 31.2. The fraction of sp³-hybridized carbons (Fsp3) is 1.00. The van der Waals surface area contributed by atoms with E-state index in [2.05, 4.69) is 0 Å². The number of hydrogen-bond donors (Lipinski definition) is 0. The summed E-state index contributed by atoms with van der Waals surface area (Å²) >= 11 is 0. The molecule has 68 valence electrons. The second kappa shape index (κ2) is 4.91. The summed E-state index contributed by atoms with van der Waals surface area (Å²) in [6.45, 7) is 5.50. The zero-order chi connectivity index (χ0) is 8.91. The van der Waals surface area contributed by atoms with Crippen molar-refractivity contribution in [2.45, 2.75) is 32.8 Å². The lowest BCUT2D eigenvalue weighted by Gasteiger charge is -2.18. The summed E-state index contributed by atoms with van der Waals surface area (Å²) in [6, 6.07) is 0. The Bertz CT molecular complexity index is 143. The Kier molecular flexibility index (Phi) is 4.98. The topological polar surface area (TPSA) is 35.5 Å². The standard InChI is InChI=1S/C7H17O3P/c1-5-7(6-2)10-11(4,8)9-3/h7H,5-6H2,1-4H3. The van der Waals surface area contributed by atoms with Crippen molar-refractivity contribution in [1.29, 1.82) is 0 Å². The van der Waals surface area contributed by atoms with Gasteiger partial charge in [-0.3, -0.25) is 4.57 Å². The summed E-state index contributed by atoms with van der Waals surface area (Å²) in [5, 5.41) is 0. The van der Waals surface area contributed by atoms with Crippen LogP contribution >= 0.6 is 7.60 Å². The summed E-state index contributed by atoms with van der Waals surface area (Å²) in [5.74, 6) is 0. The average Bonchev–Trinajstić information content (AvgIpc) is 2.00. The SMILES string of the molecule is CCC(CC)OP(C)(=O)OC. The summed E-state index contributed by atoms with van der Waals surface area (Å²) in [5.41, 5.74) is 0. The third-order valence-corrected chi connectivity index (χ3v) is 2.93. The predicted octanol–water partition coefficient (Wildman–Crippen LogP) is 2.66. The van der Waals surface area contributed by atoms with Crippen LogP contribution in [0.15, 0.2) is 0 Å². The van der Waals surface area contributed by atoms with Crippen LogP contribution in [0, 0.1) is 0 Å². The molecule has 0 aromatic rings. The van der Waals surface area contributed by atoms with Crippen LogP contribution in [0.25, 0.3) is 0 Å². The van der Waals surface area contributed by atoms with E-state index in [1.807, 2.05) is 13.8 Å². The van der Waals surface area contributed by atoms with E-state index in [4.69, 9.17) is 9.05 Å². The van der Waals surface area contributed by atoms with Gasteiger partial charge in [0.15, 0.2) is 0 Å². The average molecular weight is 180 g/mol. The first-order valence-corrected chi connectivity index (χ1v) is 5.86. The van der Waals surface area contributed by atoms with Crippen LogP contribution in [-0.4, -0.2) is 19.9 Å². The fourth-order valence-corrected chi connectivity index (χ4v) is 1.68. The van der Waals surface area contributed by atoms with Crippen molar-refractivity contribution in [3.05, 3.63) is 0 Å². The normalized spacial score (nSPS) is 16.8. The van der Waals surface area contributed by atoms with Crippen LogP contribution in [0.3, 0.4) is 0 Å². The maximum absolute atomic E-state index is 11.3. The molecule has 1 unspecified atom stereocenters. The van der Waals surface area contributed by atoms with Crippen molar-refractivity contribution in [1.82, 2.24) is 0 Å². The Morgan fingerprint density at radius 2 is 1.82 bits per heavy atom. The molecule has 0 spiro atoms. The van der Waals surface area contributed by atoms with Gasteiger partial charge in [-0.25, -0.2) is 0 Å². The molecule has 0 amide bonds. The first kappa shape index (κ1) is 11.2. The molecule has 11 heavy (non-hydrogen) atoms. The Hall–Kier alpha value is 0.150. The maximum Gasteiger partial charge on any atom is 0.327 e. The van der Waals surface area contributed by atoms with E-state index in [0.29, 0.717) is 0 Å². The third-order valence-electron chi connectivity index (χ3n) is 1.58. The van der Waals surface area contributed by atoms with Gasteiger partial charge in [-0.15, -0.1) is 0 Å². The molecule has 0 aliphatic heterocycles. The molecular formula is C7H17O3P. The molecule has 0 aliphatic rings. The highest BCUT2D eigenvalue weighted by molar-refractivity contribution is 7.52. The Balaban J connectivity index is 3.90. The van der Waals surface area contributed by atoms with Gasteiger partial charge in [0, 0.05) is 13.8 Å². The molecule has 0 saturated heterocycles. The highest BCUT2D eigenvalue weighted by Gasteiger charge is 2.18. The van der Waals surface area contributed by atoms with Crippen LogP contribution in [0.4, 0.5) is 0 Å². The third kappa shape index (κ3) is 4.57. The molecule has 4 heteroatoms. The van der Waals surface area contributed by atoms with Gasteiger partial charge in [-0.2, -0.15) is 0 Å². The van der Waals surface area contributed by atoms with Crippen LogP contribution in [0.5, 0.6) is 0 Å². The van der Waals surface area contributed by atoms with Crippen molar-refractivity contribution in [3.8, 4) is 0 Å². The molecule has 1 atom stereocenters. The minimum Gasteiger partial charge on any atom is -0.312 e. The van der Waals surface area contributed by atoms with Gasteiger partial charge in [0.2, 0.25) is 0 Å². The van der Waals surface area contributed by atoms with Gasteiger partial charge >= 0.3 is 7.60 Å². The van der Waals surface area contributed by atoms with Crippen LogP contribution in [-0.2, 0) is 13.6 Å². The second-order valence-electron chi connectivity index (χ2n) is 2.50. The van der Waals surface area contributed by atoms with Crippen molar-refractivity contribution in [2.24, 2.45) is 0 Å². The Morgan fingerprint density at radius 3 is 2.09 bits per heavy atom. The molecule has 0 rings (SSSR count). The van der Waals surface area contributed by atoms with E-state index in [9.17, 15) is 4.57 Å². The molecule has 0 N–H and O–H groups in total. The minimum absolute atomic E-state index is 0.0609. The summed E-state index contributed by atoms with van der Waals surface area (Å²) in [7, 11) is -1.36. The van der Waals surface area contributed by atoms with Crippen molar-refractivity contribution in [3.63, 3.8) is 0 Å². The van der Waals surface area contributed by atoms with Gasteiger partial charge in [0.05, 0.1) is 6.10 Å². The van der Waals surface area contributed by atoms with Crippen LogP contribution < -0.4 is 0 Å². The molecule has 0 bridgehead atoms. The van der Waals surface area contributed by atoms with E-state index in [0.717, 1.165) is 12.8 Å². The minimum atomic E-state index is -2.76. The molecular weight excluding hydrogens is 163 g/mol. The van der Waals surface area contributed by atoms with E-state index >= 15 is 0 Å². The van der Waals surface area contributed by atoms with Gasteiger partial charge in [0.1, 0.15) is 0 Å². The van der Waals surface area contributed by atoms with E-state index in [1.54, 1.807) is 0 Å². The summed E-state index contributed by atoms with van der Waals surface area (Å²) < 4.78 is 21.2. The van der Waals surface area contributed by atoms with Crippen LogP contribution in [0.1, 0.15) is 26.7 Å². The highest BCUT2D eigenvalue weighted by Crippen LogP contribution is 2.44. The van der Waals surface area contributed by atoms with Crippen LogP contribution in [0.2, 0.25) is 0 Å². The van der Waals surface area contributed by atoms with Gasteiger partial charge in [0.25, 0.3) is 0 Å². The Morgan fingerprint density at radius 1 is 1.36 bits per heavy atom. The molecule has 0 radical (unpaired) electrons. The van der Waals surface area contributed by atoms with E-state index in [1.165, 1.54) is 13.8 Å². The number of hydrogen-bond acceptors (Lipinski definition) is 3. The molecule has 0 aromatic carbocycles. The molecule has 0 heterocycles. The first-order valence-electron chi connectivity index (χ1n) is 3.87. The number of rotatable bonds is 5. The van der Waals surface area contributed by atoms with Gasteiger partial charge in [-0.05, 0) is 12.8 Å². The first-order chi connectivity index (χ1) is 5.05. The second-order valence-corrected chi connectivity index (χ2v) is 4.62. The monoisotopic (exact) mass is 180 g/mol. The van der Waals surface area contributed by atoms with Gasteiger partial charge < -0.3 is 9.05 Å².